The molecule has 1 aromatic rings. The normalized spacial score (nSPS) is 15.9. The van der Waals surface area contributed by atoms with E-state index < -0.39 is 25.9 Å². The van der Waals surface area contributed by atoms with E-state index in [1.807, 2.05) is 51.1 Å². The van der Waals surface area contributed by atoms with E-state index in [1.54, 1.807) is 0 Å². The number of rotatable bonds is 5. The van der Waals surface area contributed by atoms with Crippen LogP contribution in [0.3, 0.4) is 0 Å². The summed E-state index contributed by atoms with van der Waals surface area (Å²) >= 11 is 1.15. The van der Waals surface area contributed by atoms with E-state index in [0.717, 1.165) is 16.7 Å². The van der Waals surface area contributed by atoms with Gasteiger partial charge in [0.25, 0.3) is 0 Å². The summed E-state index contributed by atoms with van der Waals surface area (Å²) in [5.41, 5.74) is -0.431. The Morgan fingerprint density at radius 3 is 2.00 bits per heavy atom. The fourth-order valence-electron chi connectivity index (χ4n) is 1.85. The molecule has 0 unspecified atom stereocenters. The van der Waals surface area contributed by atoms with Crippen LogP contribution in [0.1, 0.15) is 41.5 Å². The highest BCUT2D eigenvalue weighted by atomic mass is 32.2. The minimum absolute atomic E-state index is 0.0272. The summed E-state index contributed by atoms with van der Waals surface area (Å²) in [5, 5.41) is 10.6. The summed E-state index contributed by atoms with van der Waals surface area (Å²) in [4.78, 5) is 13.8. The number of thioether (sulfide) groups is 1. The van der Waals surface area contributed by atoms with Crippen molar-refractivity contribution >= 4 is 25.2 Å². The van der Waals surface area contributed by atoms with Crippen molar-refractivity contribution in [2.45, 2.75) is 76.8 Å². The monoisotopic (exact) mass is 368 g/mol. The van der Waals surface area contributed by atoms with Crippen LogP contribution in [0.15, 0.2) is 35.2 Å². The minimum atomic E-state index is -2.18. The maximum Gasteiger partial charge on any atom is 0.223 e. The van der Waals surface area contributed by atoms with Gasteiger partial charge in [-0.25, -0.2) is 0 Å². The molecule has 0 aliphatic rings. The standard InChI is InChI=1S/C19H32O3SSi/c1-18(2,3)16(20)15(22-24(7,8)19(4,5)6)17(21)23-14-12-10-9-11-13-14/h9-13,15-16,20H,1-8H3/t15-,16+/m1/s1. The third kappa shape index (κ3) is 5.72. The van der Waals surface area contributed by atoms with Gasteiger partial charge in [0.05, 0.1) is 6.10 Å². The Labute approximate surface area is 152 Å². The number of hydrogen-bond acceptors (Lipinski definition) is 4. The molecule has 1 aromatic carbocycles. The zero-order valence-electron chi connectivity index (χ0n) is 16.2. The Kier molecular flexibility index (Phi) is 6.90. The van der Waals surface area contributed by atoms with E-state index in [-0.39, 0.29) is 10.2 Å². The Bertz CT molecular complexity index is 544. The summed E-state index contributed by atoms with van der Waals surface area (Å²) < 4.78 is 6.34. The van der Waals surface area contributed by atoms with Crippen molar-refractivity contribution in [2.24, 2.45) is 5.41 Å². The second kappa shape index (κ2) is 7.73. The number of aliphatic hydroxyl groups excluding tert-OH is 1. The van der Waals surface area contributed by atoms with Crippen LogP contribution in [0.2, 0.25) is 18.1 Å². The first kappa shape index (κ1) is 21.4. The van der Waals surface area contributed by atoms with Crippen molar-refractivity contribution in [2.75, 3.05) is 0 Å². The lowest BCUT2D eigenvalue weighted by Crippen LogP contribution is -2.52. The first-order valence-electron chi connectivity index (χ1n) is 8.38. The summed E-state index contributed by atoms with van der Waals surface area (Å²) in [6, 6.07) is 9.52. The fraction of sp³-hybridized carbons (Fsp3) is 0.632. The summed E-state index contributed by atoms with van der Waals surface area (Å²) in [6.45, 7) is 16.4. The largest absolute Gasteiger partial charge is 0.404 e. The number of carbonyl (C=O) groups excluding carboxylic acids is 1. The second-order valence-electron chi connectivity index (χ2n) is 8.84. The lowest BCUT2D eigenvalue weighted by Gasteiger charge is -2.42. The molecule has 1 N–H and O–H groups in total. The molecular formula is C19H32O3SSi. The van der Waals surface area contributed by atoms with Gasteiger partial charge in [-0.1, -0.05) is 59.7 Å². The van der Waals surface area contributed by atoms with E-state index in [0.29, 0.717) is 0 Å². The van der Waals surface area contributed by atoms with Crippen LogP contribution in [-0.2, 0) is 9.22 Å². The molecule has 0 aliphatic carbocycles. The van der Waals surface area contributed by atoms with Gasteiger partial charge in [-0.3, -0.25) is 4.79 Å². The summed E-state index contributed by atoms with van der Waals surface area (Å²) in [6.07, 6.45) is -1.67. The molecule has 0 radical (unpaired) electrons. The van der Waals surface area contributed by atoms with Crippen LogP contribution in [0.4, 0.5) is 0 Å². The molecule has 1 rings (SSSR count). The molecule has 0 spiro atoms. The second-order valence-corrected chi connectivity index (χ2v) is 14.7. The van der Waals surface area contributed by atoms with Crippen LogP contribution >= 0.6 is 11.8 Å². The molecule has 0 aromatic heterocycles. The Morgan fingerprint density at radius 1 is 1.08 bits per heavy atom. The van der Waals surface area contributed by atoms with Gasteiger partial charge in [-0.05, 0) is 47.4 Å². The first-order chi connectivity index (χ1) is 10.8. The molecule has 0 amide bonds. The van der Waals surface area contributed by atoms with Crippen LogP contribution in [0.5, 0.6) is 0 Å². The van der Waals surface area contributed by atoms with Crippen molar-refractivity contribution in [1.82, 2.24) is 0 Å². The maximum atomic E-state index is 12.9. The maximum absolute atomic E-state index is 12.9. The highest BCUT2D eigenvalue weighted by Gasteiger charge is 2.45. The number of carbonyl (C=O) groups is 1. The molecule has 0 aliphatic heterocycles. The third-order valence-electron chi connectivity index (χ3n) is 4.60. The Morgan fingerprint density at radius 2 is 1.58 bits per heavy atom. The van der Waals surface area contributed by atoms with Gasteiger partial charge in [0, 0.05) is 4.90 Å². The molecule has 0 bridgehead atoms. The molecule has 5 heteroatoms. The van der Waals surface area contributed by atoms with Crippen LogP contribution in [0, 0.1) is 5.41 Å². The van der Waals surface area contributed by atoms with E-state index in [9.17, 15) is 9.90 Å². The van der Waals surface area contributed by atoms with Crippen molar-refractivity contribution < 1.29 is 14.3 Å². The predicted molar refractivity (Wildman–Crippen MR) is 105 cm³/mol. The van der Waals surface area contributed by atoms with E-state index in [2.05, 4.69) is 33.9 Å². The Hall–Kier alpha value is -0.623. The van der Waals surface area contributed by atoms with Crippen LogP contribution in [-0.4, -0.2) is 30.7 Å². The van der Waals surface area contributed by atoms with Gasteiger partial charge in [0.15, 0.2) is 8.32 Å². The summed E-state index contributed by atoms with van der Waals surface area (Å²) in [5.74, 6) is 0. The highest BCUT2D eigenvalue weighted by molar-refractivity contribution is 8.13. The average molecular weight is 369 g/mol. The van der Waals surface area contributed by atoms with Gasteiger partial charge < -0.3 is 9.53 Å². The molecule has 24 heavy (non-hydrogen) atoms. The quantitative estimate of drug-likeness (QED) is 0.580. The van der Waals surface area contributed by atoms with Crippen molar-refractivity contribution in [3.63, 3.8) is 0 Å². The first-order valence-corrected chi connectivity index (χ1v) is 12.1. The number of hydrogen-bond donors (Lipinski definition) is 1. The van der Waals surface area contributed by atoms with Crippen molar-refractivity contribution in [3.05, 3.63) is 30.3 Å². The molecule has 0 saturated heterocycles. The van der Waals surface area contributed by atoms with E-state index in [4.69, 9.17) is 4.43 Å². The highest BCUT2D eigenvalue weighted by Crippen LogP contribution is 2.40. The average Bonchev–Trinajstić information content (AvgIpc) is 2.42. The molecule has 3 nitrogen and oxygen atoms in total. The lowest BCUT2D eigenvalue weighted by molar-refractivity contribution is -0.127. The molecular weight excluding hydrogens is 336 g/mol. The smallest absolute Gasteiger partial charge is 0.223 e. The number of benzene rings is 1. The minimum Gasteiger partial charge on any atom is -0.404 e. The number of aliphatic hydroxyl groups is 1. The van der Waals surface area contributed by atoms with Crippen molar-refractivity contribution in [3.8, 4) is 0 Å². The van der Waals surface area contributed by atoms with Gasteiger partial charge in [0.1, 0.15) is 6.10 Å². The zero-order valence-corrected chi connectivity index (χ0v) is 18.0. The van der Waals surface area contributed by atoms with E-state index >= 15 is 0 Å². The van der Waals surface area contributed by atoms with E-state index in [1.165, 1.54) is 0 Å². The van der Waals surface area contributed by atoms with Gasteiger partial charge >= 0.3 is 0 Å². The van der Waals surface area contributed by atoms with Crippen molar-refractivity contribution in [1.29, 1.82) is 0 Å². The predicted octanol–water partition coefficient (Wildman–Crippen LogP) is 5.10. The van der Waals surface area contributed by atoms with Crippen LogP contribution < -0.4 is 0 Å². The van der Waals surface area contributed by atoms with Gasteiger partial charge in [0.2, 0.25) is 5.12 Å². The third-order valence-corrected chi connectivity index (χ3v) is 9.99. The SMILES string of the molecule is CC(C)(C)[C@@H](O)[C@@H](O[Si](C)(C)C(C)(C)C)C(=O)Sc1ccccc1. The van der Waals surface area contributed by atoms with Gasteiger partial charge in [-0.2, -0.15) is 0 Å². The molecule has 136 valence electrons. The Balaban J connectivity index is 3.08. The molecule has 2 atom stereocenters. The van der Waals surface area contributed by atoms with Crippen LogP contribution in [0.25, 0.3) is 0 Å². The fourth-order valence-corrected chi connectivity index (χ4v) is 3.98. The molecule has 0 heterocycles. The molecule has 0 saturated carbocycles. The zero-order chi connectivity index (χ0) is 18.8. The molecule has 0 fully saturated rings. The van der Waals surface area contributed by atoms with Gasteiger partial charge in [-0.15, -0.1) is 0 Å². The summed E-state index contributed by atoms with van der Waals surface area (Å²) in [7, 11) is -2.18. The lowest BCUT2D eigenvalue weighted by atomic mass is 9.86. The topological polar surface area (TPSA) is 46.5 Å².